The highest BCUT2D eigenvalue weighted by Gasteiger charge is 2.45. The van der Waals surface area contributed by atoms with E-state index in [9.17, 15) is 14.7 Å². The van der Waals surface area contributed by atoms with Crippen LogP contribution in [0.15, 0.2) is 23.0 Å². The predicted molar refractivity (Wildman–Crippen MR) is 125 cm³/mol. The number of hydrogen-bond acceptors (Lipinski definition) is 8. The van der Waals surface area contributed by atoms with Gasteiger partial charge in [-0.1, -0.05) is 6.92 Å². The molecule has 0 bridgehead atoms. The Morgan fingerprint density at radius 1 is 1.14 bits per heavy atom. The molecule has 0 amide bonds. The van der Waals surface area contributed by atoms with Crippen LogP contribution in [0, 0.1) is 0 Å². The van der Waals surface area contributed by atoms with E-state index < -0.39 is 11.6 Å². The zero-order valence-electron chi connectivity index (χ0n) is 19.3. The van der Waals surface area contributed by atoms with E-state index in [2.05, 4.69) is 5.32 Å². The standard InChI is InChI=1S/C26H25N3O6/c1-2-26(32)18-8-20-23-16(10-29(20)24(30)17(18)11-33-25(26)31)14(5-6-27-13-3-4-13)15-7-21-22(35-12-34-21)9-19(15)28-23/h7-9,13,27,32H,2-6,10-12H2,1H3. The number of pyridine rings is 2. The fourth-order valence-electron chi connectivity index (χ4n) is 5.53. The Bertz CT molecular complexity index is 1490. The summed E-state index contributed by atoms with van der Waals surface area (Å²) in [4.78, 5) is 31.0. The number of cyclic esters (lactones) is 1. The lowest BCUT2D eigenvalue weighted by atomic mass is 9.86. The number of carbonyl (C=O) groups excluding carboxylic acids is 1. The molecule has 1 atom stereocenters. The smallest absolute Gasteiger partial charge is 0.343 e. The molecule has 1 aliphatic carbocycles. The van der Waals surface area contributed by atoms with E-state index in [1.54, 1.807) is 17.6 Å². The van der Waals surface area contributed by atoms with Gasteiger partial charge in [0.2, 0.25) is 6.79 Å². The third kappa shape index (κ3) is 2.98. The molecule has 0 saturated heterocycles. The number of esters is 1. The Kier molecular flexibility index (Phi) is 4.35. The van der Waals surface area contributed by atoms with Crippen LogP contribution in [-0.4, -0.2) is 40.0 Å². The Hall–Kier alpha value is -3.43. The largest absolute Gasteiger partial charge is 0.458 e. The van der Waals surface area contributed by atoms with Crippen LogP contribution in [-0.2, 0) is 34.7 Å². The summed E-state index contributed by atoms with van der Waals surface area (Å²) in [6.45, 7) is 2.95. The lowest BCUT2D eigenvalue weighted by Crippen LogP contribution is -2.44. The summed E-state index contributed by atoms with van der Waals surface area (Å²) in [6, 6.07) is 6.21. The minimum absolute atomic E-state index is 0.112. The van der Waals surface area contributed by atoms with E-state index in [4.69, 9.17) is 19.2 Å². The zero-order valence-corrected chi connectivity index (χ0v) is 19.3. The maximum atomic E-state index is 13.5. The summed E-state index contributed by atoms with van der Waals surface area (Å²) in [6.07, 6.45) is 3.31. The van der Waals surface area contributed by atoms with E-state index in [1.807, 2.05) is 12.1 Å². The van der Waals surface area contributed by atoms with Gasteiger partial charge in [-0.15, -0.1) is 0 Å². The first kappa shape index (κ1) is 20.9. The van der Waals surface area contributed by atoms with Gasteiger partial charge in [-0.05, 0) is 49.9 Å². The van der Waals surface area contributed by atoms with Gasteiger partial charge in [0, 0.05) is 28.6 Å². The molecule has 9 nitrogen and oxygen atoms in total. The molecule has 1 saturated carbocycles. The average Bonchev–Trinajstić information content (AvgIpc) is 3.44. The number of aromatic nitrogens is 2. The minimum Gasteiger partial charge on any atom is -0.458 e. The van der Waals surface area contributed by atoms with Gasteiger partial charge >= 0.3 is 5.97 Å². The second-order valence-corrected chi connectivity index (χ2v) is 9.72. The van der Waals surface area contributed by atoms with Gasteiger partial charge in [-0.25, -0.2) is 9.78 Å². The van der Waals surface area contributed by atoms with Gasteiger partial charge in [0.1, 0.15) is 6.61 Å². The number of aliphatic hydroxyl groups is 1. The molecular weight excluding hydrogens is 450 g/mol. The van der Waals surface area contributed by atoms with Crippen molar-refractivity contribution in [3.05, 3.63) is 50.8 Å². The van der Waals surface area contributed by atoms with Gasteiger partial charge in [-0.2, -0.15) is 0 Å². The van der Waals surface area contributed by atoms with Crippen LogP contribution in [0.2, 0.25) is 0 Å². The van der Waals surface area contributed by atoms with Gasteiger partial charge < -0.3 is 29.2 Å². The Morgan fingerprint density at radius 2 is 1.94 bits per heavy atom. The first-order valence-corrected chi connectivity index (χ1v) is 12.1. The summed E-state index contributed by atoms with van der Waals surface area (Å²) in [5.74, 6) is 0.625. The third-order valence-corrected chi connectivity index (χ3v) is 7.69. The minimum atomic E-state index is -1.84. The molecule has 0 spiro atoms. The Morgan fingerprint density at radius 3 is 2.71 bits per heavy atom. The van der Waals surface area contributed by atoms with E-state index in [-0.39, 0.29) is 25.4 Å². The molecule has 9 heteroatoms. The number of ether oxygens (including phenoxy) is 3. The number of rotatable bonds is 5. The van der Waals surface area contributed by atoms with Crippen molar-refractivity contribution in [2.45, 2.75) is 57.4 Å². The van der Waals surface area contributed by atoms with E-state index >= 15 is 0 Å². The quantitative estimate of drug-likeness (QED) is 0.422. The number of benzene rings is 1. The summed E-state index contributed by atoms with van der Waals surface area (Å²) in [5.41, 5.74) is 2.74. The Balaban J connectivity index is 1.44. The first-order chi connectivity index (χ1) is 17.0. The van der Waals surface area contributed by atoms with E-state index in [1.165, 1.54) is 12.8 Å². The average molecular weight is 476 g/mol. The van der Waals surface area contributed by atoms with Crippen molar-refractivity contribution >= 4 is 16.9 Å². The van der Waals surface area contributed by atoms with Gasteiger partial charge in [0.05, 0.1) is 29.0 Å². The fraction of sp³-hybridized carbons (Fsp3) is 0.423. The molecule has 5 heterocycles. The molecule has 35 heavy (non-hydrogen) atoms. The highest BCUT2D eigenvalue weighted by atomic mass is 16.7. The molecule has 7 rings (SSSR count). The van der Waals surface area contributed by atoms with Crippen LogP contribution in [0.3, 0.4) is 0 Å². The molecule has 4 aliphatic rings. The monoisotopic (exact) mass is 475 g/mol. The molecule has 3 aliphatic heterocycles. The number of fused-ring (bicyclic) bond motifs is 6. The van der Waals surface area contributed by atoms with E-state index in [0.717, 1.165) is 35.0 Å². The van der Waals surface area contributed by atoms with Crippen molar-refractivity contribution in [3.8, 4) is 22.9 Å². The van der Waals surface area contributed by atoms with Crippen LogP contribution in [0.1, 0.15) is 48.4 Å². The van der Waals surface area contributed by atoms with Crippen LogP contribution in [0.4, 0.5) is 0 Å². The number of hydrogen-bond donors (Lipinski definition) is 2. The van der Waals surface area contributed by atoms with Crippen LogP contribution >= 0.6 is 0 Å². The lowest BCUT2D eigenvalue weighted by Gasteiger charge is -2.31. The molecule has 1 unspecified atom stereocenters. The summed E-state index contributed by atoms with van der Waals surface area (Å²) >= 11 is 0. The van der Waals surface area contributed by atoms with Crippen molar-refractivity contribution in [2.75, 3.05) is 13.3 Å². The van der Waals surface area contributed by atoms with Crippen molar-refractivity contribution in [1.82, 2.24) is 14.9 Å². The Labute approximate surface area is 200 Å². The molecule has 180 valence electrons. The van der Waals surface area contributed by atoms with E-state index in [0.29, 0.717) is 46.6 Å². The second-order valence-electron chi connectivity index (χ2n) is 9.72. The molecule has 1 fully saturated rings. The SMILES string of the molecule is CCC1(O)C(=O)OCc2c1cc1n(c2=O)Cc2c-1nc1cc3c(cc1c2CCNC1CC1)OCO3. The normalized spacial score (nSPS) is 21.6. The summed E-state index contributed by atoms with van der Waals surface area (Å²) in [5, 5.41) is 15.7. The van der Waals surface area contributed by atoms with Crippen LogP contribution in [0.25, 0.3) is 22.3 Å². The predicted octanol–water partition coefficient (Wildman–Crippen LogP) is 2.10. The molecule has 2 aromatic heterocycles. The highest BCUT2D eigenvalue weighted by Crippen LogP contribution is 2.43. The number of nitrogens with zero attached hydrogens (tertiary/aromatic N) is 2. The van der Waals surface area contributed by atoms with Crippen molar-refractivity contribution in [3.63, 3.8) is 0 Å². The van der Waals surface area contributed by atoms with Crippen LogP contribution in [0.5, 0.6) is 11.5 Å². The third-order valence-electron chi connectivity index (χ3n) is 7.69. The van der Waals surface area contributed by atoms with Crippen molar-refractivity contribution in [1.29, 1.82) is 0 Å². The van der Waals surface area contributed by atoms with Gasteiger partial charge in [0.15, 0.2) is 17.1 Å². The van der Waals surface area contributed by atoms with Crippen molar-refractivity contribution in [2.24, 2.45) is 0 Å². The fourth-order valence-corrected chi connectivity index (χ4v) is 5.53. The summed E-state index contributed by atoms with van der Waals surface area (Å²) < 4.78 is 18.1. The molecule has 2 N–H and O–H groups in total. The molecule has 1 aromatic carbocycles. The lowest BCUT2D eigenvalue weighted by molar-refractivity contribution is -0.172. The molecule has 0 radical (unpaired) electrons. The van der Waals surface area contributed by atoms with Crippen molar-refractivity contribution < 1.29 is 24.1 Å². The first-order valence-electron chi connectivity index (χ1n) is 12.1. The highest BCUT2D eigenvalue weighted by molar-refractivity contribution is 5.91. The topological polar surface area (TPSA) is 112 Å². The van der Waals surface area contributed by atoms with Gasteiger partial charge in [0.25, 0.3) is 5.56 Å². The maximum Gasteiger partial charge on any atom is 0.343 e. The molecule has 3 aromatic rings. The number of carbonyl (C=O) groups is 1. The second kappa shape index (κ2) is 7.29. The number of nitrogens with one attached hydrogen (secondary N) is 1. The summed E-state index contributed by atoms with van der Waals surface area (Å²) in [7, 11) is 0. The van der Waals surface area contributed by atoms with Crippen LogP contribution < -0.4 is 20.3 Å². The van der Waals surface area contributed by atoms with Gasteiger partial charge in [-0.3, -0.25) is 4.79 Å². The molecular formula is C26H25N3O6. The maximum absolute atomic E-state index is 13.5. The zero-order chi connectivity index (χ0) is 23.9.